The molecule has 0 atom stereocenters. The number of amides is 1. The minimum atomic E-state index is -2.93. The molecule has 5 nitrogen and oxygen atoms in total. The van der Waals surface area contributed by atoms with Crippen LogP contribution >= 0.6 is 0 Å². The lowest BCUT2D eigenvalue weighted by Crippen LogP contribution is -2.08. The van der Waals surface area contributed by atoms with Crippen LogP contribution in [-0.2, 0) is 14.6 Å². The lowest BCUT2D eigenvalue weighted by Gasteiger charge is -2.07. The van der Waals surface area contributed by atoms with Crippen LogP contribution in [0.2, 0.25) is 0 Å². The molecule has 0 heterocycles. The highest BCUT2D eigenvalue weighted by Gasteiger charge is 2.02. The van der Waals surface area contributed by atoms with Gasteiger partial charge in [-0.05, 0) is 30.7 Å². The van der Waals surface area contributed by atoms with Crippen LogP contribution in [0.15, 0.2) is 24.3 Å². The summed E-state index contributed by atoms with van der Waals surface area (Å²) in [5.74, 6) is 0.645. The summed E-state index contributed by atoms with van der Waals surface area (Å²) in [6.07, 6.45) is 1.67. The highest BCUT2D eigenvalue weighted by molar-refractivity contribution is 7.90. The number of sulfone groups is 1. The molecule has 1 aromatic rings. The van der Waals surface area contributed by atoms with Crippen molar-refractivity contribution in [2.45, 2.75) is 13.3 Å². The van der Waals surface area contributed by atoms with Gasteiger partial charge in [0.05, 0.1) is 12.4 Å². The Bertz CT molecular complexity index is 493. The Morgan fingerprint density at radius 3 is 2.39 bits per heavy atom. The van der Waals surface area contributed by atoms with Crippen LogP contribution in [0.4, 0.5) is 5.69 Å². The summed E-state index contributed by atoms with van der Waals surface area (Å²) in [5, 5.41) is 2.65. The van der Waals surface area contributed by atoms with E-state index in [1.165, 1.54) is 13.2 Å². The van der Waals surface area contributed by atoms with Crippen LogP contribution in [0, 0.1) is 0 Å². The molecule has 0 unspecified atom stereocenters. The summed E-state index contributed by atoms with van der Waals surface area (Å²) in [5.41, 5.74) is 0.700. The van der Waals surface area contributed by atoms with Gasteiger partial charge in [0.15, 0.2) is 0 Å². The molecule has 0 spiro atoms. The van der Waals surface area contributed by atoms with Crippen molar-refractivity contribution in [1.82, 2.24) is 0 Å². The molecule has 1 N–H and O–H groups in total. The number of rotatable bonds is 6. The van der Waals surface area contributed by atoms with E-state index >= 15 is 0 Å². The third-order valence-corrected chi connectivity index (χ3v) is 3.13. The van der Waals surface area contributed by atoms with Crippen molar-refractivity contribution in [3.8, 4) is 5.75 Å². The molecule has 0 aliphatic carbocycles. The van der Waals surface area contributed by atoms with Crippen molar-refractivity contribution in [3.05, 3.63) is 24.3 Å². The molecule has 1 amide bonds. The van der Waals surface area contributed by atoms with Gasteiger partial charge in [0.25, 0.3) is 0 Å². The van der Waals surface area contributed by atoms with Gasteiger partial charge in [-0.3, -0.25) is 4.79 Å². The summed E-state index contributed by atoms with van der Waals surface area (Å²) < 4.78 is 27.2. The second-order valence-electron chi connectivity index (χ2n) is 4.04. The fourth-order valence-electron chi connectivity index (χ4n) is 1.35. The van der Waals surface area contributed by atoms with Gasteiger partial charge < -0.3 is 10.1 Å². The first-order chi connectivity index (χ1) is 8.37. The Morgan fingerprint density at radius 1 is 1.28 bits per heavy atom. The molecule has 1 rings (SSSR count). The van der Waals surface area contributed by atoms with Gasteiger partial charge in [-0.1, -0.05) is 0 Å². The Kier molecular flexibility index (Phi) is 5.15. The van der Waals surface area contributed by atoms with Gasteiger partial charge in [0.2, 0.25) is 5.91 Å². The molecule has 1 aromatic carbocycles. The molecular weight excluding hydrogens is 254 g/mol. The number of anilines is 1. The number of ether oxygens (including phenoxy) is 1. The van der Waals surface area contributed by atoms with Crippen LogP contribution in [-0.4, -0.2) is 32.9 Å². The third kappa shape index (κ3) is 6.24. The summed E-state index contributed by atoms with van der Waals surface area (Å²) in [7, 11) is -2.93. The van der Waals surface area contributed by atoms with E-state index in [0.29, 0.717) is 24.5 Å². The van der Waals surface area contributed by atoms with E-state index in [2.05, 4.69) is 5.32 Å². The maximum Gasteiger partial charge on any atom is 0.221 e. The predicted octanol–water partition coefficient (Wildman–Crippen LogP) is 1.46. The van der Waals surface area contributed by atoms with Crippen molar-refractivity contribution in [2.75, 3.05) is 23.9 Å². The quantitative estimate of drug-likeness (QED) is 0.795. The summed E-state index contributed by atoms with van der Waals surface area (Å²) in [6.45, 7) is 1.79. The predicted molar refractivity (Wildman–Crippen MR) is 70.6 cm³/mol. The number of nitrogens with one attached hydrogen (secondary N) is 1. The molecule has 0 aliphatic heterocycles. The van der Waals surface area contributed by atoms with Gasteiger partial charge in [0, 0.05) is 18.9 Å². The van der Waals surface area contributed by atoms with Gasteiger partial charge in [-0.15, -0.1) is 0 Å². The average molecular weight is 271 g/mol. The second-order valence-corrected chi connectivity index (χ2v) is 6.30. The monoisotopic (exact) mass is 271 g/mol. The first kappa shape index (κ1) is 14.5. The minimum Gasteiger partial charge on any atom is -0.494 e. The van der Waals surface area contributed by atoms with Crippen LogP contribution in [0.1, 0.15) is 13.3 Å². The molecule has 0 aliphatic rings. The van der Waals surface area contributed by atoms with E-state index in [-0.39, 0.29) is 11.7 Å². The first-order valence-electron chi connectivity index (χ1n) is 5.55. The first-order valence-corrected chi connectivity index (χ1v) is 7.61. The average Bonchev–Trinajstić information content (AvgIpc) is 2.24. The molecule has 100 valence electrons. The molecule has 6 heteroatoms. The van der Waals surface area contributed by atoms with Crippen LogP contribution in [0.3, 0.4) is 0 Å². The minimum absolute atomic E-state index is 0.122. The molecule has 0 bridgehead atoms. The van der Waals surface area contributed by atoms with Gasteiger partial charge >= 0.3 is 0 Å². The maximum absolute atomic E-state index is 10.9. The zero-order chi connectivity index (χ0) is 13.6. The molecule has 0 aromatic heterocycles. The van der Waals surface area contributed by atoms with E-state index in [4.69, 9.17) is 4.74 Å². The molecule has 0 saturated heterocycles. The zero-order valence-electron chi connectivity index (χ0n) is 10.5. The topological polar surface area (TPSA) is 72.5 Å². The summed E-state index contributed by atoms with van der Waals surface area (Å²) in [4.78, 5) is 10.8. The van der Waals surface area contributed by atoms with E-state index in [1.54, 1.807) is 24.3 Å². The lowest BCUT2D eigenvalue weighted by atomic mass is 10.3. The number of hydrogen-bond donors (Lipinski definition) is 1. The standard InChI is InChI=1S/C12H17NO4S/c1-10(14)13-11-4-6-12(7-5-11)17-8-3-9-18(2,15)16/h4-7H,3,8-9H2,1-2H3,(H,13,14). The van der Waals surface area contributed by atoms with Gasteiger partial charge in [-0.2, -0.15) is 0 Å². The smallest absolute Gasteiger partial charge is 0.221 e. The molecular formula is C12H17NO4S. The lowest BCUT2D eigenvalue weighted by molar-refractivity contribution is -0.114. The summed E-state index contributed by atoms with van der Waals surface area (Å²) >= 11 is 0. The van der Waals surface area contributed by atoms with Crippen molar-refractivity contribution >= 4 is 21.4 Å². The normalized spacial score (nSPS) is 11.0. The Morgan fingerprint density at radius 2 is 1.89 bits per heavy atom. The maximum atomic E-state index is 10.9. The number of carbonyl (C=O) groups excluding carboxylic acids is 1. The molecule has 0 fully saturated rings. The fraction of sp³-hybridized carbons (Fsp3) is 0.417. The van der Waals surface area contributed by atoms with Crippen LogP contribution < -0.4 is 10.1 Å². The van der Waals surface area contributed by atoms with Crippen molar-refractivity contribution in [3.63, 3.8) is 0 Å². The second kappa shape index (κ2) is 6.39. The largest absolute Gasteiger partial charge is 0.494 e. The van der Waals surface area contributed by atoms with Crippen molar-refractivity contribution in [2.24, 2.45) is 0 Å². The number of hydrogen-bond acceptors (Lipinski definition) is 4. The Hall–Kier alpha value is -1.56. The van der Waals surface area contributed by atoms with Crippen molar-refractivity contribution in [1.29, 1.82) is 0 Å². The van der Waals surface area contributed by atoms with Crippen molar-refractivity contribution < 1.29 is 17.9 Å². The van der Waals surface area contributed by atoms with E-state index in [9.17, 15) is 13.2 Å². The van der Waals surface area contributed by atoms with Gasteiger partial charge in [0.1, 0.15) is 15.6 Å². The molecule has 0 saturated carbocycles. The Balaban J connectivity index is 2.37. The molecule has 18 heavy (non-hydrogen) atoms. The SMILES string of the molecule is CC(=O)Nc1ccc(OCCCS(C)(=O)=O)cc1. The van der Waals surface area contributed by atoms with Crippen LogP contribution in [0.25, 0.3) is 0 Å². The Labute approximate surface area is 107 Å². The van der Waals surface area contributed by atoms with Crippen LogP contribution in [0.5, 0.6) is 5.75 Å². The third-order valence-electron chi connectivity index (χ3n) is 2.10. The van der Waals surface area contributed by atoms with E-state index in [0.717, 1.165) is 0 Å². The zero-order valence-corrected chi connectivity index (χ0v) is 11.3. The highest BCUT2D eigenvalue weighted by Crippen LogP contribution is 2.15. The highest BCUT2D eigenvalue weighted by atomic mass is 32.2. The number of carbonyl (C=O) groups is 1. The summed E-state index contributed by atoms with van der Waals surface area (Å²) in [6, 6.07) is 6.91. The van der Waals surface area contributed by atoms with E-state index in [1.807, 2.05) is 0 Å². The van der Waals surface area contributed by atoms with E-state index < -0.39 is 9.84 Å². The van der Waals surface area contributed by atoms with Gasteiger partial charge in [-0.25, -0.2) is 8.42 Å². The number of benzene rings is 1. The fourth-order valence-corrected chi connectivity index (χ4v) is 1.99. The molecule has 0 radical (unpaired) electrons.